The van der Waals surface area contributed by atoms with E-state index in [1.165, 1.54) is 12.8 Å². The van der Waals surface area contributed by atoms with Gasteiger partial charge in [0, 0.05) is 24.0 Å². The Bertz CT molecular complexity index is 676. The lowest BCUT2D eigenvalue weighted by Crippen LogP contribution is -2.55. The Hall–Kier alpha value is -2.22. The van der Waals surface area contributed by atoms with E-state index in [9.17, 15) is 9.59 Å². The minimum Gasteiger partial charge on any atom is -0.480 e. The summed E-state index contributed by atoms with van der Waals surface area (Å²) in [7, 11) is 0. The lowest BCUT2D eigenvalue weighted by atomic mass is 9.85. The molecule has 1 aromatic rings. The van der Waals surface area contributed by atoms with E-state index in [-0.39, 0.29) is 30.1 Å². The summed E-state index contributed by atoms with van der Waals surface area (Å²) in [5, 5.41) is 14.8. The average Bonchev–Trinajstić information content (AvgIpc) is 3.33. The Labute approximate surface area is 159 Å². The van der Waals surface area contributed by atoms with Crippen molar-refractivity contribution in [3.05, 3.63) is 18.2 Å². The van der Waals surface area contributed by atoms with Crippen LogP contribution < -0.4 is 10.6 Å². The standard InChI is InChI=1S/C19H29N5O3/c1-19(2,3)17-20-8-14(9-21-17)23-18(27)22-13-6-15(7-13)24(11-16(25)26)10-12-4-5-12/h8-9,12-13,15H,4-7,10-11H2,1-3H3,(H,25,26)(H2,22,23,27). The Kier molecular flexibility index (Phi) is 5.64. The van der Waals surface area contributed by atoms with Crippen molar-refractivity contribution >= 4 is 17.7 Å². The van der Waals surface area contributed by atoms with Crippen molar-refractivity contribution in [3.8, 4) is 0 Å². The number of hydrogen-bond donors (Lipinski definition) is 3. The molecule has 0 spiro atoms. The van der Waals surface area contributed by atoms with Crippen LogP contribution in [0, 0.1) is 5.92 Å². The summed E-state index contributed by atoms with van der Waals surface area (Å²) in [6.45, 7) is 7.04. The molecule has 0 unspecified atom stereocenters. The summed E-state index contributed by atoms with van der Waals surface area (Å²) in [6.07, 6.45) is 7.19. The number of nitrogens with zero attached hydrogens (tertiary/aromatic N) is 3. The molecule has 0 saturated heterocycles. The number of nitrogens with one attached hydrogen (secondary N) is 2. The molecule has 1 aromatic heterocycles. The average molecular weight is 375 g/mol. The van der Waals surface area contributed by atoms with Gasteiger partial charge in [0.05, 0.1) is 24.6 Å². The highest BCUT2D eigenvalue weighted by atomic mass is 16.4. The summed E-state index contributed by atoms with van der Waals surface area (Å²) in [6, 6.07) is 0.0270. The van der Waals surface area contributed by atoms with E-state index in [0.29, 0.717) is 11.6 Å². The summed E-state index contributed by atoms with van der Waals surface area (Å²) in [5.74, 6) is 0.587. The van der Waals surface area contributed by atoms with Crippen LogP contribution in [0.5, 0.6) is 0 Å². The topological polar surface area (TPSA) is 107 Å². The van der Waals surface area contributed by atoms with Gasteiger partial charge in [-0.2, -0.15) is 0 Å². The van der Waals surface area contributed by atoms with Crippen molar-refractivity contribution in [2.45, 2.75) is 64.0 Å². The van der Waals surface area contributed by atoms with Crippen molar-refractivity contribution in [1.29, 1.82) is 0 Å². The van der Waals surface area contributed by atoms with Gasteiger partial charge in [0.2, 0.25) is 0 Å². The molecule has 148 valence electrons. The molecule has 8 heteroatoms. The van der Waals surface area contributed by atoms with Crippen molar-refractivity contribution in [2.75, 3.05) is 18.4 Å². The third-order valence-corrected chi connectivity index (χ3v) is 5.07. The first-order chi connectivity index (χ1) is 12.7. The van der Waals surface area contributed by atoms with E-state index in [4.69, 9.17) is 5.11 Å². The number of rotatable bonds is 7. The minimum absolute atomic E-state index is 0.0697. The van der Waals surface area contributed by atoms with Gasteiger partial charge in [-0.1, -0.05) is 20.8 Å². The maximum absolute atomic E-state index is 12.2. The first-order valence-corrected chi connectivity index (χ1v) is 9.56. The zero-order valence-corrected chi connectivity index (χ0v) is 16.2. The Morgan fingerprint density at radius 3 is 2.37 bits per heavy atom. The van der Waals surface area contributed by atoms with Gasteiger partial charge in [0.15, 0.2) is 0 Å². The fraction of sp³-hybridized carbons (Fsp3) is 0.684. The van der Waals surface area contributed by atoms with E-state index in [1.807, 2.05) is 20.8 Å². The fourth-order valence-corrected chi connectivity index (χ4v) is 3.28. The largest absolute Gasteiger partial charge is 0.480 e. The van der Waals surface area contributed by atoms with Crippen LogP contribution >= 0.6 is 0 Å². The van der Waals surface area contributed by atoms with Gasteiger partial charge in [0.1, 0.15) is 5.82 Å². The maximum atomic E-state index is 12.2. The third kappa shape index (κ3) is 5.63. The molecule has 2 aliphatic rings. The minimum atomic E-state index is -0.788. The molecule has 3 rings (SSSR count). The van der Waals surface area contributed by atoms with E-state index in [0.717, 1.165) is 25.2 Å². The van der Waals surface area contributed by atoms with Crippen molar-refractivity contribution in [2.24, 2.45) is 5.92 Å². The number of hydrogen-bond acceptors (Lipinski definition) is 5. The Morgan fingerprint density at radius 2 is 1.85 bits per heavy atom. The van der Waals surface area contributed by atoms with Crippen LogP contribution in [0.4, 0.5) is 10.5 Å². The highest BCUT2D eigenvalue weighted by molar-refractivity contribution is 5.89. The normalized spacial score (nSPS) is 22.2. The second-order valence-electron chi connectivity index (χ2n) is 8.73. The molecule has 3 N–H and O–H groups in total. The number of carbonyl (C=O) groups excluding carboxylic acids is 1. The molecule has 2 fully saturated rings. The second-order valence-corrected chi connectivity index (χ2v) is 8.73. The third-order valence-electron chi connectivity index (χ3n) is 5.07. The van der Waals surface area contributed by atoms with Gasteiger partial charge in [-0.25, -0.2) is 14.8 Å². The molecule has 0 radical (unpaired) electrons. The first-order valence-electron chi connectivity index (χ1n) is 9.56. The number of amides is 2. The number of urea groups is 1. The SMILES string of the molecule is CC(C)(C)c1ncc(NC(=O)NC2CC(N(CC(=O)O)CC3CC3)C2)cn1. The highest BCUT2D eigenvalue weighted by Gasteiger charge is 2.37. The summed E-state index contributed by atoms with van der Waals surface area (Å²) in [4.78, 5) is 33.9. The number of aromatic nitrogens is 2. The molecule has 2 saturated carbocycles. The molecular formula is C19H29N5O3. The first kappa shape index (κ1) is 19.5. The molecule has 2 amide bonds. The molecule has 0 atom stereocenters. The van der Waals surface area contributed by atoms with Crippen molar-refractivity contribution in [1.82, 2.24) is 20.2 Å². The number of carboxylic acids is 1. The zero-order chi connectivity index (χ0) is 19.6. The quantitative estimate of drug-likeness (QED) is 0.674. The molecule has 2 aliphatic carbocycles. The van der Waals surface area contributed by atoms with Crippen LogP contribution in [0.1, 0.15) is 52.3 Å². The monoisotopic (exact) mass is 375 g/mol. The van der Waals surface area contributed by atoms with Gasteiger partial charge in [-0.3, -0.25) is 9.69 Å². The van der Waals surface area contributed by atoms with Crippen LogP contribution in [0.2, 0.25) is 0 Å². The smallest absolute Gasteiger partial charge is 0.319 e. The van der Waals surface area contributed by atoms with Crippen LogP contribution in [0.25, 0.3) is 0 Å². The number of carbonyl (C=O) groups is 2. The Balaban J connectivity index is 1.43. The van der Waals surface area contributed by atoms with Gasteiger partial charge >= 0.3 is 12.0 Å². The van der Waals surface area contributed by atoms with Gasteiger partial charge in [0.25, 0.3) is 0 Å². The number of aliphatic carboxylic acids is 1. The van der Waals surface area contributed by atoms with Crippen LogP contribution in [0.3, 0.4) is 0 Å². The molecule has 0 aliphatic heterocycles. The van der Waals surface area contributed by atoms with E-state index >= 15 is 0 Å². The highest BCUT2D eigenvalue weighted by Crippen LogP contribution is 2.33. The zero-order valence-electron chi connectivity index (χ0n) is 16.2. The van der Waals surface area contributed by atoms with E-state index < -0.39 is 5.97 Å². The van der Waals surface area contributed by atoms with Crippen LogP contribution in [-0.2, 0) is 10.2 Å². The predicted molar refractivity (Wildman–Crippen MR) is 102 cm³/mol. The second kappa shape index (κ2) is 7.80. The Morgan fingerprint density at radius 1 is 1.22 bits per heavy atom. The fourth-order valence-electron chi connectivity index (χ4n) is 3.28. The van der Waals surface area contributed by atoms with Crippen LogP contribution in [-0.4, -0.2) is 57.1 Å². The molecule has 1 heterocycles. The molecule has 27 heavy (non-hydrogen) atoms. The summed E-state index contributed by atoms with van der Waals surface area (Å²) >= 11 is 0. The van der Waals surface area contributed by atoms with Crippen LogP contribution in [0.15, 0.2) is 12.4 Å². The van der Waals surface area contributed by atoms with E-state index in [2.05, 4.69) is 25.5 Å². The van der Waals surface area contributed by atoms with Gasteiger partial charge < -0.3 is 15.7 Å². The lowest BCUT2D eigenvalue weighted by molar-refractivity contribution is -0.139. The predicted octanol–water partition coefficient (Wildman–Crippen LogP) is 2.22. The molecule has 0 aromatic carbocycles. The number of anilines is 1. The molecule has 8 nitrogen and oxygen atoms in total. The van der Waals surface area contributed by atoms with E-state index in [1.54, 1.807) is 12.4 Å². The van der Waals surface area contributed by atoms with Gasteiger partial charge in [-0.05, 0) is 31.6 Å². The van der Waals surface area contributed by atoms with Crippen molar-refractivity contribution < 1.29 is 14.7 Å². The summed E-state index contributed by atoms with van der Waals surface area (Å²) in [5.41, 5.74) is 0.418. The maximum Gasteiger partial charge on any atom is 0.319 e. The lowest BCUT2D eigenvalue weighted by Gasteiger charge is -2.42. The summed E-state index contributed by atoms with van der Waals surface area (Å²) < 4.78 is 0. The number of carboxylic acid groups (broad SMARTS) is 1. The molecule has 0 bridgehead atoms. The molecular weight excluding hydrogens is 346 g/mol. The van der Waals surface area contributed by atoms with Crippen molar-refractivity contribution in [3.63, 3.8) is 0 Å². The van der Waals surface area contributed by atoms with Gasteiger partial charge in [-0.15, -0.1) is 0 Å².